The summed E-state index contributed by atoms with van der Waals surface area (Å²) in [4.78, 5) is 12.4. The zero-order valence-corrected chi connectivity index (χ0v) is 13.3. The van der Waals surface area contributed by atoms with Gasteiger partial charge in [-0.1, -0.05) is 12.1 Å². The average Bonchev–Trinajstić information content (AvgIpc) is 3.36. The maximum absolute atomic E-state index is 14.3. The summed E-state index contributed by atoms with van der Waals surface area (Å²) >= 11 is 0. The molecule has 128 valence electrons. The van der Waals surface area contributed by atoms with Crippen LogP contribution in [0.5, 0.6) is 0 Å². The molecule has 1 amide bonds. The Morgan fingerprint density at radius 1 is 1.15 bits per heavy atom. The summed E-state index contributed by atoms with van der Waals surface area (Å²) in [5.41, 5.74) is 1.69. The van der Waals surface area contributed by atoms with Crippen LogP contribution in [0.15, 0.2) is 60.9 Å². The minimum absolute atomic E-state index is 0.198. The van der Waals surface area contributed by atoms with Crippen LogP contribution in [0.1, 0.15) is 10.4 Å². The molecule has 0 saturated carbocycles. The van der Waals surface area contributed by atoms with Crippen LogP contribution in [-0.2, 0) is 0 Å². The molecule has 0 bridgehead atoms. The zero-order valence-electron chi connectivity index (χ0n) is 13.3. The van der Waals surface area contributed by atoms with Gasteiger partial charge in [-0.2, -0.15) is 10.3 Å². The van der Waals surface area contributed by atoms with Gasteiger partial charge in [-0.05, 0) is 41.6 Å². The van der Waals surface area contributed by atoms with Gasteiger partial charge >= 0.3 is 0 Å². The Bertz CT molecular complexity index is 1040. The Kier molecular flexibility index (Phi) is 3.94. The molecular formula is C17H12FN7O. The molecule has 2 N–H and O–H groups in total. The van der Waals surface area contributed by atoms with Crippen LogP contribution in [-0.4, -0.2) is 36.3 Å². The quantitative estimate of drug-likeness (QED) is 0.589. The van der Waals surface area contributed by atoms with Crippen molar-refractivity contribution in [2.45, 2.75) is 0 Å². The number of aromatic nitrogens is 6. The summed E-state index contributed by atoms with van der Waals surface area (Å²) in [5.74, 6) is -0.557. The number of hydrogen-bond donors (Lipinski definition) is 2. The molecule has 0 saturated heterocycles. The number of nitrogens with one attached hydrogen (secondary N) is 2. The lowest BCUT2D eigenvalue weighted by Gasteiger charge is -2.08. The minimum Gasteiger partial charge on any atom is -0.322 e. The van der Waals surface area contributed by atoms with Gasteiger partial charge in [0.2, 0.25) is 5.82 Å². The number of benzene rings is 2. The molecule has 0 aliphatic rings. The molecule has 4 aromatic rings. The molecule has 8 nitrogen and oxygen atoms in total. The highest BCUT2D eigenvalue weighted by atomic mass is 19.1. The lowest BCUT2D eigenvalue weighted by molar-refractivity contribution is 0.102. The van der Waals surface area contributed by atoms with Gasteiger partial charge in [0.25, 0.3) is 5.91 Å². The van der Waals surface area contributed by atoms with E-state index in [0.29, 0.717) is 17.1 Å². The number of halogens is 1. The molecule has 0 atom stereocenters. The lowest BCUT2D eigenvalue weighted by Crippen LogP contribution is -2.13. The van der Waals surface area contributed by atoms with Gasteiger partial charge < -0.3 is 5.32 Å². The van der Waals surface area contributed by atoms with E-state index in [0.717, 1.165) is 0 Å². The van der Waals surface area contributed by atoms with E-state index in [2.05, 4.69) is 31.0 Å². The predicted octanol–water partition coefficient (Wildman–Crippen LogP) is 2.44. The second kappa shape index (κ2) is 6.55. The number of anilines is 1. The maximum atomic E-state index is 14.3. The second-order valence-corrected chi connectivity index (χ2v) is 5.39. The molecule has 2 aromatic carbocycles. The Labute approximate surface area is 146 Å². The lowest BCUT2D eigenvalue weighted by atomic mass is 10.1. The van der Waals surface area contributed by atoms with E-state index in [9.17, 15) is 9.18 Å². The Hall–Kier alpha value is -3.88. The zero-order chi connectivity index (χ0) is 17.9. The van der Waals surface area contributed by atoms with E-state index >= 15 is 0 Å². The fraction of sp³-hybridized carbons (Fsp3) is 0. The van der Waals surface area contributed by atoms with Crippen molar-refractivity contribution in [2.24, 2.45) is 0 Å². The SMILES string of the molecule is O=C(Nc1cccc(-c2nn[nH]n2)c1)c1ccc(-n2cccn2)c(F)c1. The standard InChI is InChI=1S/C17H12FN7O/c18-14-10-12(5-6-15(14)25-8-2-7-19-25)17(26)20-13-4-1-3-11(9-13)16-21-23-24-22-16/h1-10H,(H,20,26)(H,21,22,23,24). The van der Waals surface area contributed by atoms with Crippen LogP contribution in [0, 0.1) is 5.82 Å². The van der Waals surface area contributed by atoms with E-state index in [-0.39, 0.29) is 11.3 Å². The molecule has 0 unspecified atom stereocenters. The minimum atomic E-state index is -0.540. The van der Waals surface area contributed by atoms with Crippen molar-refractivity contribution in [1.82, 2.24) is 30.4 Å². The van der Waals surface area contributed by atoms with E-state index in [4.69, 9.17) is 0 Å². The van der Waals surface area contributed by atoms with Crippen molar-refractivity contribution < 1.29 is 9.18 Å². The summed E-state index contributed by atoms with van der Waals surface area (Å²) in [5, 5.41) is 20.4. The second-order valence-electron chi connectivity index (χ2n) is 5.39. The van der Waals surface area contributed by atoms with Crippen LogP contribution in [0.4, 0.5) is 10.1 Å². The largest absolute Gasteiger partial charge is 0.322 e. The van der Waals surface area contributed by atoms with Crippen LogP contribution in [0.25, 0.3) is 17.1 Å². The third-order valence-electron chi connectivity index (χ3n) is 3.69. The molecule has 26 heavy (non-hydrogen) atoms. The highest BCUT2D eigenvalue weighted by Gasteiger charge is 2.12. The molecule has 0 radical (unpaired) electrons. The van der Waals surface area contributed by atoms with Gasteiger partial charge in [0.15, 0.2) is 0 Å². The number of carbonyl (C=O) groups excluding carboxylic acids is 1. The van der Waals surface area contributed by atoms with Crippen LogP contribution < -0.4 is 5.32 Å². The number of rotatable bonds is 4. The van der Waals surface area contributed by atoms with Gasteiger partial charge in [0.05, 0.1) is 0 Å². The average molecular weight is 349 g/mol. The number of hydrogen-bond acceptors (Lipinski definition) is 5. The first-order valence-corrected chi connectivity index (χ1v) is 7.65. The van der Waals surface area contributed by atoms with Crippen molar-refractivity contribution in [3.8, 4) is 17.1 Å². The van der Waals surface area contributed by atoms with Crippen molar-refractivity contribution >= 4 is 11.6 Å². The van der Waals surface area contributed by atoms with Gasteiger partial charge in [0, 0.05) is 29.2 Å². The summed E-state index contributed by atoms with van der Waals surface area (Å²) in [6, 6.07) is 12.9. The fourth-order valence-electron chi connectivity index (χ4n) is 2.47. The predicted molar refractivity (Wildman–Crippen MR) is 91.1 cm³/mol. The number of aromatic amines is 1. The van der Waals surface area contributed by atoms with Gasteiger partial charge in [-0.3, -0.25) is 4.79 Å². The normalized spacial score (nSPS) is 10.7. The molecule has 2 aromatic heterocycles. The number of amides is 1. The van der Waals surface area contributed by atoms with Crippen LogP contribution in [0.2, 0.25) is 0 Å². The highest BCUT2D eigenvalue weighted by Crippen LogP contribution is 2.20. The molecule has 9 heteroatoms. The maximum Gasteiger partial charge on any atom is 0.255 e. The van der Waals surface area contributed by atoms with E-state index < -0.39 is 11.7 Å². The molecule has 2 heterocycles. The first-order chi connectivity index (χ1) is 12.7. The molecule has 4 rings (SSSR count). The number of tetrazole rings is 1. The van der Waals surface area contributed by atoms with Crippen LogP contribution >= 0.6 is 0 Å². The molecule has 0 fully saturated rings. The van der Waals surface area contributed by atoms with Crippen molar-refractivity contribution in [3.05, 3.63) is 72.3 Å². The van der Waals surface area contributed by atoms with Crippen LogP contribution in [0.3, 0.4) is 0 Å². The topological polar surface area (TPSA) is 101 Å². The third-order valence-corrected chi connectivity index (χ3v) is 3.69. The van der Waals surface area contributed by atoms with Crippen molar-refractivity contribution in [3.63, 3.8) is 0 Å². The fourth-order valence-corrected chi connectivity index (χ4v) is 2.47. The molecular weight excluding hydrogens is 337 g/mol. The monoisotopic (exact) mass is 349 g/mol. The molecule has 0 spiro atoms. The number of H-pyrrole nitrogens is 1. The Balaban J connectivity index is 1.55. The number of nitrogens with zero attached hydrogens (tertiary/aromatic N) is 5. The van der Waals surface area contributed by atoms with E-state index in [1.54, 1.807) is 48.8 Å². The summed E-state index contributed by atoms with van der Waals surface area (Å²) in [7, 11) is 0. The van der Waals surface area contributed by atoms with Crippen molar-refractivity contribution in [2.75, 3.05) is 5.32 Å². The highest BCUT2D eigenvalue weighted by molar-refractivity contribution is 6.04. The smallest absolute Gasteiger partial charge is 0.255 e. The summed E-state index contributed by atoms with van der Waals surface area (Å²) < 4.78 is 15.7. The first-order valence-electron chi connectivity index (χ1n) is 7.65. The Morgan fingerprint density at radius 2 is 2.08 bits per heavy atom. The van der Waals surface area contributed by atoms with Gasteiger partial charge in [-0.25, -0.2) is 9.07 Å². The Morgan fingerprint density at radius 3 is 2.81 bits per heavy atom. The van der Waals surface area contributed by atoms with Crippen molar-refractivity contribution in [1.29, 1.82) is 0 Å². The molecule has 0 aliphatic carbocycles. The van der Waals surface area contributed by atoms with E-state index in [1.165, 1.54) is 16.8 Å². The summed E-state index contributed by atoms with van der Waals surface area (Å²) in [6.07, 6.45) is 3.18. The van der Waals surface area contributed by atoms with Gasteiger partial charge in [-0.15, -0.1) is 10.2 Å². The van der Waals surface area contributed by atoms with E-state index in [1.807, 2.05) is 0 Å². The molecule has 0 aliphatic heterocycles. The number of carbonyl (C=O) groups is 1. The summed E-state index contributed by atoms with van der Waals surface area (Å²) in [6.45, 7) is 0. The first kappa shape index (κ1) is 15.6. The van der Waals surface area contributed by atoms with Gasteiger partial charge in [0.1, 0.15) is 11.5 Å². The third kappa shape index (κ3) is 3.05.